The molecule has 0 unspecified atom stereocenters. The number of hydrogen-bond donors (Lipinski definition) is 2. The fourth-order valence-corrected chi connectivity index (χ4v) is 0.132. The largest absolute Gasteiger partial charge is 0.396 e. The Morgan fingerprint density at radius 1 is 1.50 bits per heavy atom. The number of aliphatic hydroxyl groups excluding tert-OH is 2. The third kappa shape index (κ3) is 1.80. The molecule has 0 saturated carbocycles. The summed E-state index contributed by atoms with van der Waals surface area (Å²) >= 11 is 0. The Morgan fingerprint density at radius 2 is 1.88 bits per heavy atom. The first-order valence-corrected chi connectivity index (χ1v) is 2.79. The minimum atomic E-state index is -0.438. The number of rotatable bonds is 2. The van der Waals surface area contributed by atoms with Crippen molar-refractivity contribution in [1.82, 2.24) is 0 Å². The highest BCUT2D eigenvalue weighted by Crippen LogP contribution is 2.17. The van der Waals surface area contributed by atoms with Crippen molar-refractivity contribution in [2.75, 3.05) is 6.61 Å². The molecule has 8 heavy (non-hydrogen) atoms. The number of aliphatic hydroxyl groups is 2. The molecule has 0 aromatic heterocycles. The second-order valence-corrected chi connectivity index (χ2v) is 2.82. The standard InChI is InChI=1S/C6H14O2/c1-5(8)6(2,3)4-7/h5,7-8H,4H2,1-3H3/t5-/m0/s1. The van der Waals surface area contributed by atoms with Gasteiger partial charge < -0.3 is 10.2 Å². The molecule has 0 rings (SSSR count). The Labute approximate surface area is 50.2 Å². The Balaban J connectivity index is 3.71. The zero-order valence-electron chi connectivity index (χ0n) is 5.68. The molecule has 2 nitrogen and oxygen atoms in total. The maximum Gasteiger partial charge on any atom is 0.0584 e. The van der Waals surface area contributed by atoms with Crippen LogP contribution in [0, 0.1) is 5.41 Å². The van der Waals surface area contributed by atoms with Crippen LogP contribution >= 0.6 is 0 Å². The van der Waals surface area contributed by atoms with Gasteiger partial charge in [0.25, 0.3) is 0 Å². The third-order valence-corrected chi connectivity index (χ3v) is 1.54. The highest BCUT2D eigenvalue weighted by Gasteiger charge is 2.22. The van der Waals surface area contributed by atoms with Gasteiger partial charge in [-0.15, -0.1) is 0 Å². The van der Waals surface area contributed by atoms with Gasteiger partial charge in [0.15, 0.2) is 0 Å². The Hall–Kier alpha value is -0.0800. The molecule has 0 aliphatic carbocycles. The Kier molecular flexibility index (Phi) is 2.44. The van der Waals surface area contributed by atoms with Gasteiger partial charge in [-0.3, -0.25) is 0 Å². The molecule has 1 atom stereocenters. The highest BCUT2D eigenvalue weighted by atomic mass is 16.3. The molecule has 0 spiro atoms. The second-order valence-electron chi connectivity index (χ2n) is 2.82. The van der Waals surface area contributed by atoms with Crippen LogP contribution in [-0.4, -0.2) is 22.9 Å². The summed E-state index contributed by atoms with van der Waals surface area (Å²) in [6.07, 6.45) is -0.438. The van der Waals surface area contributed by atoms with Crippen molar-refractivity contribution in [1.29, 1.82) is 0 Å². The van der Waals surface area contributed by atoms with Gasteiger partial charge in [0.1, 0.15) is 0 Å². The van der Waals surface area contributed by atoms with E-state index in [9.17, 15) is 0 Å². The topological polar surface area (TPSA) is 40.5 Å². The lowest BCUT2D eigenvalue weighted by atomic mass is 9.89. The van der Waals surface area contributed by atoms with Gasteiger partial charge in [0.05, 0.1) is 12.7 Å². The van der Waals surface area contributed by atoms with Gasteiger partial charge in [-0.05, 0) is 6.92 Å². The first-order valence-electron chi connectivity index (χ1n) is 2.79. The summed E-state index contributed by atoms with van der Waals surface area (Å²) in [6.45, 7) is 5.34. The molecule has 2 heteroatoms. The molecule has 2 N–H and O–H groups in total. The van der Waals surface area contributed by atoms with E-state index in [-0.39, 0.29) is 12.0 Å². The molecule has 0 amide bonds. The lowest BCUT2D eigenvalue weighted by Gasteiger charge is -2.24. The fraction of sp³-hybridized carbons (Fsp3) is 1.00. The summed E-state index contributed by atoms with van der Waals surface area (Å²) in [6, 6.07) is 0. The zero-order valence-corrected chi connectivity index (χ0v) is 5.68. The van der Waals surface area contributed by atoms with Crippen LogP contribution in [0.15, 0.2) is 0 Å². The van der Waals surface area contributed by atoms with Gasteiger partial charge in [-0.1, -0.05) is 13.8 Å². The monoisotopic (exact) mass is 118 g/mol. The van der Waals surface area contributed by atoms with Crippen molar-refractivity contribution in [3.8, 4) is 0 Å². The molecule has 0 aliphatic rings. The van der Waals surface area contributed by atoms with E-state index in [1.54, 1.807) is 6.92 Å². The average molecular weight is 118 g/mol. The van der Waals surface area contributed by atoms with E-state index >= 15 is 0 Å². The molecule has 0 aromatic carbocycles. The molecule has 0 saturated heterocycles. The van der Waals surface area contributed by atoms with Crippen molar-refractivity contribution in [2.45, 2.75) is 26.9 Å². The molecular weight excluding hydrogens is 104 g/mol. The van der Waals surface area contributed by atoms with E-state index in [0.717, 1.165) is 0 Å². The molecule has 0 bridgehead atoms. The van der Waals surface area contributed by atoms with Gasteiger partial charge in [-0.2, -0.15) is 0 Å². The third-order valence-electron chi connectivity index (χ3n) is 1.54. The molecule has 0 fully saturated rings. The zero-order chi connectivity index (χ0) is 6.78. The lowest BCUT2D eigenvalue weighted by Crippen LogP contribution is -2.29. The van der Waals surface area contributed by atoms with Gasteiger partial charge in [0, 0.05) is 5.41 Å². The Morgan fingerprint density at radius 3 is 1.88 bits per heavy atom. The summed E-state index contributed by atoms with van der Waals surface area (Å²) in [5.41, 5.74) is -0.347. The summed E-state index contributed by atoms with van der Waals surface area (Å²) in [5.74, 6) is 0. The summed E-state index contributed by atoms with van der Waals surface area (Å²) in [5, 5.41) is 17.5. The first kappa shape index (κ1) is 7.92. The highest BCUT2D eigenvalue weighted by molar-refractivity contribution is 4.72. The van der Waals surface area contributed by atoms with E-state index in [1.807, 2.05) is 13.8 Å². The van der Waals surface area contributed by atoms with E-state index in [4.69, 9.17) is 10.2 Å². The van der Waals surface area contributed by atoms with Crippen molar-refractivity contribution in [3.63, 3.8) is 0 Å². The lowest BCUT2D eigenvalue weighted by molar-refractivity contribution is 0.0202. The maximum absolute atomic E-state index is 8.92. The summed E-state index contributed by atoms with van der Waals surface area (Å²) in [7, 11) is 0. The molecular formula is C6H14O2. The van der Waals surface area contributed by atoms with Crippen LogP contribution in [0.5, 0.6) is 0 Å². The first-order chi connectivity index (χ1) is 3.50. The van der Waals surface area contributed by atoms with Crippen LogP contribution in [0.25, 0.3) is 0 Å². The van der Waals surface area contributed by atoms with Crippen LogP contribution in [0.4, 0.5) is 0 Å². The van der Waals surface area contributed by atoms with Gasteiger partial charge in [-0.25, -0.2) is 0 Å². The van der Waals surface area contributed by atoms with Crippen molar-refractivity contribution < 1.29 is 10.2 Å². The average Bonchev–Trinajstić information content (AvgIpc) is 1.67. The molecule has 0 aliphatic heterocycles. The summed E-state index contributed by atoms with van der Waals surface area (Å²) in [4.78, 5) is 0. The van der Waals surface area contributed by atoms with Crippen LogP contribution in [0.3, 0.4) is 0 Å². The fourth-order valence-electron chi connectivity index (χ4n) is 0.132. The van der Waals surface area contributed by atoms with E-state index in [1.165, 1.54) is 0 Å². The molecule has 0 radical (unpaired) electrons. The molecule has 0 heterocycles. The van der Waals surface area contributed by atoms with E-state index in [0.29, 0.717) is 0 Å². The quantitative estimate of drug-likeness (QED) is 0.550. The molecule has 0 aromatic rings. The van der Waals surface area contributed by atoms with E-state index in [2.05, 4.69) is 0 Å². The molecule has 50 valence electrons. The predicted molar refractivity (Wildman–Crippen MR) is 32.5 cm³/mol. The normalized spacial score (nSPS) is 16.1. The second kappa shape index (κ2) is 2.46. The predicted octanol–water partition coefficient (Wildman–Crippen LogP) is 0.386. The van der Waals surface area contributed by atoms with Crippen LogP contribution < -0.4 is 0 Å². The summed E-state index contributed by atoms with van der Waals surface area (Å²) < 4.78 is 0. The van der Waals surface area contributed by atoms with E-state index < -0.39 is 6.10 Å². The maximum atomic E-state index is 8.92. The van der Waals surface area contributed by atoms with Crippen LogP contribution in [0.1, 0.15) is 20.8 Å². The van der Waals surface area contributed by atoms with Crippen molar-refractivity contribution in [3.05, 3.63) is 0 Å². The van der Waals surface area contributed by atoms with Crippen LogP contribution in [0.2, 0.25) is 0 Å². The Bertz CT molecular complexity index is 66.9. The van der Waals surface area contributed by atoms with Crippen molar-refractivity contribution >= 4 is 0 Å². The van der Waals surface area contributed by atoms with Crippen molar-refractivity contribution in [2.24, 2.45) is 5.41 Å². The van der Waals surface area contributed by atoms with Gasteiger partial charge >= 0.3 is 0 Å². The number of hydrogen-bond acceptors (Lipinski definition) is 2. The minimum Gasteiger partial charge on any atom is -0.396 e. The van der Waals surface area contributed by atoms with Gasteiger partial charge in [0.2, 0.25) is 0 Å². The smallest absolute Gasteiger partial charge is 0.0584 e. The van der Waals surface area contributed by atoms with Crippen LogP contribution in [-0.2, 0) is 0 Å². The minimum absolute atomic E-state index is 0.0324. The SMILES string of the molecule is C[C@H](O)C(C)(C)CO.